The van der Waals surface area contributed by atoms with Gasteiger partial charge in [-0.25, -0.2) is 0 Å². The van der Waals surface area contributed by atoms with Gasteiger partial charge in [-0.3, -0.25) is 9.69 Å². The lowest BCUT2D eigenvalue weighted by Crippen LogP contribution is -2.49. The van der Waals surface area contributed by atoms with Crippen molar-refractivity contribution in [2.45, 2.75) is 25.8 Å². The number of hydrogen-bond acceptors (Lipinski definition) is 3. The molecule has 4 nitrogen and oxygen atoms in total. The predicted molar refractivity (Wildman–Crippen MR) is 82.8 cm³/mol. The molecule has 2 atom stereocenters. The molecule has 0 spiro atoms. The van der Waals surface area contributed by atoms with Crippen molar-refractivity contribution in [3.05, 3.63) is 30.3 Å². The molecule has 2 unspecified atom stereocenters. The lowest BCUT2D eigenvalue weighted by atomic mass is 9.90. The fourth-order valence-electron chi connectivity index (χ4n) is 2.97. The SMILES string of the molecule is CCC1CN(CC(=O)Nc2ccccc2)CCC1NC. The number of carbonyl (C=O) groups excluding carboxylic acids is 1. The second-order valence-corrected chi connectivity index (χ2v) is 5.50. The molecule has 0 bridgehead atoms. The molecule has 0 aromatic heterocycles. The van der Waals surface area contributed by atoms with E-state index in [4.69, 9.17) is 0 Å². The van der Waals surface area contributed by atoms with Gasteiger partial charge >= 0.3 is 0 Å². The van der Waals surface area contributed by atoms with E-state index in [2.05, 4.69) is 22.5 Å². The highest BCUT2D eigenvalue weighted by molar-refractivity contribution is 5.92. The van der Waals surface area contributed by atoms with E-state index < -0.39 is 0 Å². The Morgan fingerprint density at radius 1 is 1.35 bits per heavy atom. The Hall–Kier alpha value is -1.39. The zero-order valence-corrected chi connectivity index (χ0v) is 12.4. The second kappa shape index (κ2) is 7.41. The molecule has 0 saturated carbocycles. The number of anilines is 1. The molecule has 2 N–H and O–H groups in total. The molecule has 20 heavy (non-hydrogen) atoms. The van der Waals surface area contributed by atoms with Crippen LogP contribution in [-0.4, -0.2) is 43.5 Å². The standard InChI is InChI=1S/C16H25N3O/c1-3-13-11-19(10-9-15(13)17-2)12-16(20)18-14-7-5-4-6-8-14/h4-8,13,15,17H,3,9-12H2,1-2H3,(H,18,20). The van der Waals surface area contributed by atoms with Crippen LogP contribution in [0, 0.1) is 5.92 Å². The van der Waals surface area contributed by atoms with Crippen molar-refractivity contribution in [2.75, 3.05) is 32.0 Å². The zero-order chi connectivity index (χ0) is 14.4. The minimum atomic E-state index is 0.0777. The fraction of sp³-hybridized carbons (Fsp3) is 0.562. The molecule has 0 aliphatic carbocycles. The number of nitrogens with one attached hydrogen (secondary N) is 2. The van der Waals surface area contributed by atoms with Crippen LogP contribution >= 0.6 is 0 Å². The molecular formula is C16H25N3O. The lowest BCUT2D eigenvalue weighted by molar-refractivity contribution is -0.117. The van der Waals surface area contributed by atoms with E-state index >= 15 is 0 Å². The van der Waals surface area contributed by atoms with Crippen molar-refractivity contribution < 1.29 is 4.79 Å². The Morgan fingerprint density at radius 3 is 2.75 bits per heavy atom. The van der Waals surface area contributed by atoms with Crippen LogP contribution in [0.4, 0.5) is 5.69 Å². The van der Waals surface area contributed by atoms with Gasteiger partial charge in [-0.1, -0.05) is 31.5 Å². The summed E-state index contributed by atoms with van der Waals surface area (Å²) in [7, 11) is 2.03. The first-order chi connectivity index (χ1) is 9.72. The number of nitrogens with zero attached hydrogens (tertiary/aromatic N) is 1. The predicted octanol–water partition coefficient (Wildman–Crippen LogP) is 1.94. The van der Waals surface area contributed by atoms with Gasteiger partial charge in [0, 0.05) is 24.8 Å². The Morgan fingerprint density at radius 2 is 2.10 bits per heavy atom. The second-order valence-electron chi connectivity index (χ2n) is 5.50. The molecule has 1 amide bonds. The van der Waals surface area contributed by atoms with E-state index in [1.807, 2.05) is 37.4 Å². The third kappa shape index (κ3) is 4.05. The Kier molecular flexibility index (Phi) is 5.56. The van der Waals surface area contributed by atoms with Gasteiger partial charge < -0.3 is 10.6 Å². The summed E-state index contributed by atoms with van der Waals surface area (Å²) in [6, 6.07) is 10.2. The first-order valence-corrected chi connectivity index (χ1v) is 7.47. The summed E-state index contributed by atoms with van der Waals surface area (Å²) in [5, 5.41) is 6.34. The normalized spacial score (nSPS) is 23.5. The van der Waals surface area contributed by atoms with Gasteiger partial charge in [0.15, 0.2) is 0 Å². The molecule has 1 aliphatic rings. The third-order valence-corrected chi connectivity index (χ3v) is 4.14. The first-order valence-electron chi connectivity index (χ1n) is 7.47. The van der Waals surface area contributed by atoms with Gasteiger partial charge in [0.1, 0.15) is 0 Å². The monoisotopic (exact) mass is 275 g/mol. The summed E-state index contributed by atoms with van der Waals surface area (Å²) in [6.07, 6.45) is 2.27. The van der Waals surface area contributed by atoms with Crippen LogP contribution in [0.15, 0.2) is 30.3 Å². The van der Waals surface area contributed by atoms with Gasteiger partial charge in [0.25, 0.3) is 0 Å². The number of para-hydroxylation sites is 1. The molecule has 110 valence electrons. The molecule has 2 rings (SSSR count). The molecule has 1 aromatic carbocycles. The molecule has 1 aliphatic heterocycles. The Bertz CT molecular complexity index is 421. The summed E-state index contributed by atoms with van der Waals surface area (Å²) in [6.45, 7) is 4.71. The van der Waals surface area contributed by atoms with Crippen molar-refractivity contribution in [1.29, 1.82) is 0 Å². The van der Waals surface area contributed by atoms with Crippen molar-refractivity contribution in [3.8, 4) is 0 Å². The van der Waals surface area contributed by atoms with Gasteiger partial charge in [0.05, 0.1) is 6.54 Å². The van der Waals surface area contributed by atoms with Crippen LogP contribution in [0.3, 0.4) is 0 Å². The fourth-order valence-corrected chi connectivity index (χ4v) is 2.97. The highest BCUT2D eigenvalue weighted by atomic mass is 16.2. The lowest BCUT2D eigenvalue weighted by Gasteiger charge is -2.37. The summed E-state index contributed by atoms with van der Waals surface area (Å²) in [5.74, 6) is 0.715. The highest BCUT2D eigenvalue weighted by Gasteiger charge is 2.27. The van der Waals surface area contributed by atoms with Crippen LogP contribution in [0.2, 0.25) is 0 Å². The molecular weight excluding hydrogens is 250 g/mol. The van der Waals surface area contributed by atoms with Crippen LogP contribution in [0.5, 0.6) is 0 Å². The maximum atomic E-state index is 12.1. The Labute approximate surface area is 121 Å². The van der Waals surface area contributed by atoms with Crippen LogP contribution in [0.25, 0.3) is 0 Å². The number of carbonyl (C=O) groups is 1. The van der Waals surface area contributed by atoms with Crippen molar-refractivity contribution >= 4 is 11.6 Å². The first kappa shape index (κ1) is 15.0. The molecule has 1 fully saturated rings. The number of hydrogen-bond donors (Lipinski definition) is 2. The number of rotatable bonds is 5. The van der Waals surface area contributed by atoms with E-state index in [-0.39, 0.29) is 5.91 Å². The molecule has 1 aromatic rings. The van der Waals surface area contributed by atoms with Gasteiger partial charge in [-0.2, -0.15) is 0 Å². The topological polar surface area (TPSA) is 44.4 Å². The van der Waals surface area contributed by atoms with E-state index in [0.29, 0.717) is 18.5 Å². The minimum absolute atomic E-state index is 0.0777. The maximum Gasteiger partial charge on any atom is 0.238 e. The smallest absolute Gasteiger partial charge is 0.238 e. The van der Waals surface area contributed by atoms with E-state index in [1.54, 1.807) is 0 Å². The number of amides is 1. The molecule has 4 heteroatoms. The van der Waals surface area contributed by atoms with Crippen LogP contribution < -0.4 is 10.6 Å². The summed E-state index contributed by atoms with van der Waals surface area (Å²) in [4.78, 5) is 14.3. The largest absolute Gasteiger partial charge is 0.325 e. The number of piperidine rings is 1. The number of benzene rings is 1. The average Bonchev–Trinajstić information content (AvgIpc) is 2.48. The van der Waals surface area contributed by atoms with Crippen LogP contribution in [-0.2, 0) is 4.79 Å². The zero-order valence-electron chi connectivity index (χ0n) is 12.4. The van der Waals surface area contributed by atoms with Crippen molar-refractivity contribution in [2.24, 2.45) is 5.92 Å². The summed E-state index contributed by atoms with van der Waals surface area (Å²) < 4.78 is 0. The highest BCUT2D eigenvalue weighted by Crippen LogP contribution is 2.19. The third-order valence-electron chi connectivity index (χ3n) is 4.14. The Balaban J connectivity index is 1.83. The van der Waals surface area contributed by atoms with Gasteiger partial charge in [-0.05, 0) is 31.5 Å². The average molecular weight is 275 g/mol. The van der Waals surface area contributed by atoms with Crippen molar-refractivity contribution in [3.63, 3.8) is 0 Å². The minimum Gasteiger partial charge on any atom is -0.325 e. The van der Waals surface area contributed by atoms with Gasteiger partial charge in [-0.15, -0.1) is 0 Å². The molecule has 0 radical (unpaired) electrons. The van der Waals surface area contributed by atoms with E-state index in [9.17, 15) is 4.79 Å². The number of likely N-dealkylation sites (tertiary alicyclic amines) is 1. The van der Waals surface area contributed by atoms with Gasteiger partial charge in [0.2, 0.25) is 5.91 Å². The van der Waals surface area contributed by atoms with Crippen molar-refractivity contribution in [1.82, 2.24) is 10.2 Å². The quantitative estimate of drug-likeness (QED) is 0.863. The summed E-state index contributed by atoms with van der Waals surface area (Å²) in [5.41, 5.74) is 0.870. The van der Waals surface area contributed by atoms with Crippen LogP contribution in [0.1, 0.15) is 19.8 Å². The van der Waals surface area contributed by atoms with E-state index in [0.717, 1.165) is 31.6 Å². The molecule has 1 saturated heterocycles. The van der Waals surface area contributed by atoms with E-state index in [1.165, 1.54) is 0 Å². The summed E-state index contributed by atoms with van der Waals surface area (Å²) >= 11 is 0. The molecule has 1 heterocycles. The maximum absolute atomic E-state index is 12.1.